The Morgan fingerprint density at radius 2 is 1.83 bits per heavy atom. The fraction of sp³-hybridized carbons (Fsp3) is 0.118. The van der Waals surface area contributed by atoms with Gasteiger partial charge in [0.1, 0.15) is 10.8 Å². The molecule has 0 unspecified atom stereocenters. The molecule has 0 atom stereocenters. The van der Waals surface area contributed by atoms with E-state index in [-0.39, 0.29) is 5.82 Å². The van der Waals surface area contributed by atoms with Crippen molar-refractivity contribution in [2.45, 2.75) is 13.1 Å². The van der Waals surface area contributed by atoms with E-state index in [0.29, 0.717) is 23.1 Å². The normalized spacial score (nSPS) is 10.9. The Labute approximate surface area is 147 Å². The fourth-order valence-corrected chi connectivity index (χ4v) is 3.48. The number of thiazole rings is 1. The summed E-state index contributed by atoms with van der Waals surface area (Å²) in [5.41, 5.74) is 1.96. The summed E-state index contributed by atoms with van der Waals surface area (Å²) in [5.74, 6) is -0.236. The zero-order valence-corrected chi connectivity index (χ0v) is 14.4. The van der Waals surface area contributed by atoms with Crippen molar-refractivity contribution in [2.75, 3.05) is 0 Å². The van der Waals surface area contributed by atoms with Gasteiger partial charge in [0.2, 0.25) is 0 Å². The van der Waals surface area contributed by atoms with Crippen LogP contribution in [0.25, 0.3) is 10.4 Å². The van der Waals surface area contributed by atoms with Gasteiger partial charge >= 0.3 is 0 Å². The van der Waals surface area contributed by atoms with Crippen LogP contribution in [0.15, 0.2) is 48.7 Å². The highest BCUT2D eigenvalue weighted by Crippen LogP contribution is 2.26. The van der Waals surface area contributed by atoms with Gasteiger partial charge in [-0.15, -0.1) is 11.3 Å². The Hall–Kier alpha value is -1.46. The first kappa shape index (κ1) is 16.4. The van der Waals surface area contributed by atoms with Crippen molar-refractivity contribution < 1.29 is 4.39 Å². The van der Waals surface area contributed by atoms with E-state index in [1.807, 2.05) is 18.3 Å². The molecule has 23 heavy (non-hydrogen) atoms. The maximum atomic E-state index is 13.0. The summed E-state index contributed by atoms with van der Waals surface area (Å²) in [6, 6.07) is 11.9. The lowest BCUT2D eigenvalue weighted by atomic mass is 10.2. The minimum absolute atomic E-state index is 0.236. The summed E-state index contributed by atoms with van der Waals surface area (Å²) in [6.07, 6.45) is 1.81. The Balaban J connectivity index is 1.60. The second kappa shape index (κ2) is 7.41. The van der Waals surface area contributed by atoms with Gasteiger partial charge in [0, 0.05) is 29.3 Å². The predicted octanol–water partition coefficient (Wildman–Crippen LogP) is 5.55. The fourth-order valence-electron chi connectivity index (χ4n) is 2.11. The Kier molecular flexibility index (Phi) is 5.28. The number of hydrogen-bond acceptors (Lipinski definition) is 3. The molecule has 0 aliphatic heterocycles. The Morgan fingerprint density at radius 1 is 1.04 bits per heavy atom. The zero-order chi connectivity index (χ0) is 16.2. The van der Waals surface area contributed by atoms with Gasteiger partial charge in [-0.2, -0.15) is 0 Å². The molecule has 0 bridgehead atoms. The van der Waals surface area contributed by atoms with E-state index in [4.69, 9.17) is 23.2 Å². The SMILES string of the molecule is Fc1ccc(-c2cnc(CNCc3ccc(Cl)cc3Cl)s2)cc1. The summed E-state index contributed by atoms with van der Waals surface area (Å²) in [4.78, 5) is 5.41. The number of hydrogen-bond donors (Lipinski definition) is 1. The second-order valence-corrected chi connectivity index (χ2v) is 6.92. The Bertz CT molecular complexity index is 803. The number of nitrogens with one attached hydrogen (secondary N) is 1. The van der Waals surface area contributed by atoms with Gasteiger partial charge in [-0.3, -0.25) is 0 Å². The maximum Gasteiger partial charge on any atom is 0.123 e. The predicted molar refractivity (Wildman–Crippen MR) is 94.5 cm³/mol. The van der Waals surface area contributed by atoms with Gasteiger partial charge in [-0.05, 0) is 35.4 Å². The van der Waals surface area contributed by atoms with Crippen molar-refractivity contribution in [2.24, 2.45) is 0 Å². The van der Waals surface area contributed by atoms with Gasteiger partial charge in [0.25, 0.3) is 0 Å². The second-order valence-electron chi connectivity index (χ2n) is 4.96. The molecule has 0 saturated carbocycles. The van der Waals surface area contributed by atoms with E-state index in [9.17, 15) is 4.39 Å². The van der Waals surface area contributed by atoms with E-state index in [2.05, 4.69) is 10.3 Å². The molecule has 2 nitrogen and oxygen atoms in total. The lowest BCUT2D eigenvalue weighted by molar-refractivity contribution is 0.628. The molecule has 118 valence electrons. The van der Waals surface area contributed by atoms with Gasteiger partial charge in [-0.1, -0.05) is 41.4 Å². The highest BCUT2D eigenvalue weighted by molar-refractivity contribution is 7.15. The van der Waals surface area contributed by atoms with E-state index in [0.717, 1.165) is 21.0 Å². The summed E-state index contributed by atoms with van der Waals surface area (Å²) >= 11 is 13.6. The van der Waals surface area contributed by atoms with Gasteiger partial charge < -0.3 is 5.32 Å². The average molecular weight is 367 g/mol. The number of halogens is 3. The van der Waals surface area contributed by atoms with Crippen LogP contribution in [-0.4, -0.2) is 4.98 Å². The van der Waals surface area contributed by atoms with E-state index in [1.165, 1.54) is 12.1 Å². The molecule has 6 heteroatoms. The van der Waals surface area contributed by atoms with E-state index < -0.39 is 0 Å². The molecule has 0 aliphatic carbocycles. The van der Waals surface area contributed by atoms with Crippen molar-refractivity contribution in [3.05, 3.63) is 75.1 Å². The molecule has 0 radical (unpaired) electrons. The third kappa shape index (κ3) is 4.30. The quantitative estimate of drug-likeness (QED) is 0.640. The van der Waals surface area contributed by atoms with Gasteiger partial charge in [0.05, 0.1) is 4.88 Å². The lowest BCUT2D eigenvalue weighted by Gasteiger charge is -2.05. The van der Waals surface area contributed by atoms with Crippen molar-refractivity contribution >= 4 is 34.5 Å². The summed E-state index contributed by atoms with van der Waals surface area (Å²) in [6.45, 7) is 1.28. The van der Waals surface area contributed by atoms with Crippen LogP contribution in [-0.2, 0) is 13.1 Å². The minimum Gasteiger partial charge on any atom is -0.306 e. The topological polar surface area (TPSA) is 24.9 Å². The van der Waals surface area contributed by atoms with E-state index >= 15 is 0 Å². The molecule has 0 aliphatic rings. The van der Waals surface area contributed by atoms with Crippen molar-refractivity contribution in [1.82, 2.24) is 10.3 Å². The third-order valence-electron chi connectivity index (χ3n) is 3.29. The molecule has 3 rings (SSSR count). The maximum absolute atomic E-state index is 13.0. The molecule has 1 N–H and O–H groups in total. The van der Waals surface area contributed by atoms with Crippen LogP contribution < -0.4 is 5.32 Å². The van der Waals surface area contributed by atoms with Crippen LogP contribution in [0.2, 0.25) is 10.0 Å². The minimum atomic E-state index is -0.236. The average Bonchev–Trinajstić information content (AvgIpc) is 2.99. The van der Waals surface area contributed by atoms with Gasteiger partial charge in [0.15, 0.2) is 0 Å². The molecule has 0 spiro atoms. The molecule has 1 aromatic heterocycles. The number of benzene rings is 2. The third-order valence-corrected chi connectivity index (χ3v) is 4.92. The molecular weight excluding hydrogens is 354 g/mol. The van der Waals surface area contributed by atoms with Crippen LogP contribution in [0.1, 0.15) is 10.6 Å². The summed E-state index contributed by atoms with van der Waals surface area (Å²) in [7, 11) is 0. The molecule has 3 aromatic rings. The van der Waals surface area contributed by atoms with Crippen LogP contribution in [0.4, 0.5) is 4.39 Å². The highest BCUT2D eigenvalue weighted by Gasteiger charge is 2.06. The first-order valence-corrected chi connectivity index (χ1v) is 8.54. The molecule has 0 amide bonds. The monoisotopic (exact) mass is 366 g/mol. The standard InChI is InChI=1S/C17H13Cl2FN2S/c18-13-4-1-12(15(19)7-13)8-21-10-17-22-9-16(23-17)11-2-5-14(20)6-3-11/h1-7,9,21H,8,10H2. The number of rotatable bonds is 5. The van der Waals surface area contributed by atoms with Crippen molar-refractivity contribution in [1.29, 1.82) is 0 Å². The molecule has 0 saturated heterocycles. The zero-order valence-electron chi connectivity index (χ0n) is 12.0. The largest absolute Gasteiger partial charge is 0.306 e. The summed E-state index contributed by atoms with van der Waals surface area (Å²) in [5, 5.41) is 5.56. The van der Waals surface area contributed by atoms with Crippen LogP contribution in [0.3, 0.4) is 0 Å². The first-order chi connectivity index (χ1) is 11.1. The van der Waals surface area contributed by atoms with Crippen molar-refractivity contribution in [3.63, 3.8) is 0 Å². The number of aromatic nitrogens is 1. The number of nitrogens with zero attached hydrogens (tertiary/aromatic N) is 1. The summed E-state index contributed by atoms with van der Waals surface area (Å²) < 4.78 is 13.0. The van der Waals surface area contributed by atoms with Crippen LogP contribution >= 0.6 is 34.5 Å². The van der Waals surface area contributed by atoms with Gasteiger partial charge in [-0.25, -0.2) is 9.37 Å². The molecular formula is C17H13Cl2FN2S. The molecule has 2 aromatic carbocycles. The van der Waals surface area contributed by atoms with Crippen LogP contribution in [0, 0.1) is 5.82 Å². The smallest absolute Gasteiger partial charge is 0.123 e. The van der Waals surface area contributed by atoms with Crippen LogP contribution in [0.5, 0.6) is 0 Å². The Morgan fingerprint density at radius 3 is 2.57 bits per heavy atom. The molecule has 0 fully saturated rings. The molecule has 1 heterocycles. The lowest BCUT2D eigenvalue weighted by Crippen LogP contribution is -2.12. The van der Waals surface area contributed by atoms with E-state index in [1.54, 1.807) is 29.5 Å². The first-order valence-electron chi connectivity index (χ1n) is 6.97. The van der Waals surface area contributed by atoms with Crippen molar-refractivity contribution in [3.8, 4) is 10.4 Å². The highest BCUT2D eigenvalue weighted by atomic mass is 35.5.